The van der Waals surface area contributed by atoms with Gasteiger partial charge < -0.3 is 14.4 Å². The SMILES string of the molecule is COc1c(Cl)nc(-c2ccccn2)nc1Oc1ccc(C(=O)N(C)C)cc1. The van der Waals surface area contributed by atoms with E-state index in [2.05, 4.69) is 15.0 Å². The van der Waals surface area contributed by atoms with Gasteiger partial charge in [0.15, 0.2) is 11.0 Å². The summed E-state index contributed by atoms with van der Waals surface area (Å²) in [6, 6.07) is 12.1. The van der Waals surface area contributed by atoms with Crippen LogP contribution in [-0.2, 0) is 0 Å². The molecule has 0 atom stereocenters. The highest BCUT2D eigenvalue weighted by Gasteiger charge is 2.18. The van der Waals surface area contributed by atoms with Gasteiger partial charge in [0.2, 0.25) is 5.75 Å². The molecule has 3 aromatic rings. The van der Waals surface area contributed by atoms with Crippen molar-refractivity contribution < 1.29 is 14.3 Å². The highest BCUT2D eigenvalue weighted by atomic mass is 35.5. The minimum atomic E-state index is -0.0957. The molecular formula is C19H17ClN4O3. The van der Waals surface area contributed by atoms with E-state index in [-0.39, 0.29) is 22.7 Å². The van der Waals surface area contributed by atoms with Crippen LogP contribution in [0.1, 0.15) is 10.4 Å². The Hall–Kier alpha value is -3.19. The van der Waals surface area contributed by atoms with Gasteiger partial charge in [-0.25, -0.2) is 4.98 Å². The maximum Gasteiger partial charge on any atom is 0.268 e. The van der Waals surface area contributed by atoms with Gasteiger partial charge in [-0.1, -0.05) is 17.7 Å². The number of hydrogen-bond acceptors (Lipinski definition) is 6. The van der Waals surface area contributed by atoms with Crippen molar-refractivity contribution in [1.29, 1.82) is 0 Å². The molecule has 1 amide bonds. The first kappa shape index (κ1) is 18.6. The van der Waals surface area contributed by atoms with Gasteiger partial charge in [-0.2, -0.15) is 4.98 Å². The lowest BCUT2D eigenvalue weighted by Gasteiger charge is -2.13. The number of nitrogens with zero attached hydrogens (tertiary/aromatic N) is 4. The Morgan fingerprint density at radius 2 is 1.81 bits per heavy atom. The van der Waals surface area contributed by atoms with Gasteiger partial charge in [0.25, 0.3) is 11.8 Å². The lowest BCUT2D eigenvalue weighted by molar-refractivity contribution is 0.0827. The fourth-order valence-electron chi connectivity index (χ4n) is 2.29. The summed E-state index contributed by atoms with van der Waals surface area (Å²) in [6.07, 6.45) is 1.64. The number of benzene rings is 1. The van der Waals surface area contributed by atoms with E-state index in [1.165, 1.54) is 12.0 Å². The Morgan fingerprint density at radius 1 is 1.07 bits per heavy atom. The van der Waals surface area contributed by atoms with Crippen LogP contribution in [0.2, 0.25) is 5.15 Å². The molecule has 0 radical (unpaired) electrons. The van der Waals surface area contributed by atoms with Crippen LogP contribution in [0.25, 0.3) is 11.5 Å². The second-order valence-electron chi connectivity index (χ2n) is 5.72. The third-order valence-corrected chi connectivity index (χ3v) is 3.87. The Bertz CT molecular complexity index is 947. The predicted octanol–water partition coefficient (Wildman–Crippen LogP) is 3.69. The molecule has 1 aromatic carbocycles. The smallest absolute Gasteiger partial charge is 0.268 e. The quantitative estimate of drug-likeness (QED) is 0.624. The Labute approximate surface area is 161 Å². The summed E-state index contributed by atoms with van der Waals surface area (Å²) >= 11 is 6.22. The molecule has 27 heavy (non-hydrogen) atoms. The zero-order valence-electron chi connectivity index (χ0n) is 15.0. The molecule has 0 aliphatic rings. The van der Waals surface area contributed by atoms with Crippen LogP contribution in [0, 0.1) is 0 Å². The molecule has 0 aliphatic heterocycles. The molecule has 7 nitrogen and oxygen atoms in total. The molecule has 3 rings (SSSR count). The summed E-state index contributed by atoms with van der Waals surface area (Å²) in [5.74, 6) is 1.07. The highest BCUT2D eigenvalue weighted by molar-refractivity contribution is 6.31. The van der Waals surface area contributed by atoms with Crippen LogP contribution < -0.4 is 9.47 Å². The number of aromatic nitrogens is 3. The van der Waals surface area contributed by atoms with E-state index in [1.807, 2.05) is 6.07 Å². The lowest BCUT2D eigenvalue weighted by Crippen LogP contribution is -2.21. The van der Waals surface area contributed by atoms with Crippen LogP contribution in [0.5, 0.6) is 17.4 Å². The van der Waals surface area contributed by atoms with Crippen LogP contribution in [-0.4, -0.2) is 47.0 Å². The van der Waals surface area contributed by atoms with Crippen LogP contribution >= 0.6 is 11.6 Å². The van der Waals surface area contributed by atoms with Gasteiger partial charge in [-0.05, 0) is 36.4 Å². The number of halogens is 1. The second kappa shape index (κ2) is 8.01. The van der Waals surface area contributed by atoms with E-state index in [1.54, 1.807) is 56.7 Å². The van der Waals surface area contributed by atoms with Crippen molar-refractivity contribution in [2.45, 2.75) is 0 Å². The number of carbonyl (C=O) groups excluding carboxylic acids is 1. The third kappa shape index (κ3) is 4.15. The van der Waals surface area contributed by atoms with Crippen molar-refractivity contribution in [3.63, 3.8) is 0 Å². The van der Waals surface area contributed by atoms with Gasteiger partial charge in [0.1, 0.15) is 11.4 Å². The molecule has 138 valence electrons. The topological polar surface area (TPSA) is 77.4 Å². The number of rotatable bonds is 5. The second-order valence-corrected chi connectivity index (χ2v) is 6.08. The summed E-state index contributed by atoms with van der Waals surface area (Å²) in [6.45, 7) is 0. The lowest BCUT2D eigenvalue weighted by atomic mass is 10.2. The van der Waals surface area contributed by atoms with Gasteiger partial charge in [-0.3, -0.25) is 9.78 Å². The number of amides is 1. The van der Waals surface area contributed by atoms with Crippen molar-refractivity contribution in [1.82, 2.24) is 19.9 Å². The normalized spacial score (nSPS) is 10.4. The summed E-state index contributed by atoms with van der Waals surface area (Å²) in [4.78, 5) is 26.3. The molecule has 0 unspecified atom stereocenters. The Kier molecular flexibility index (Phi) is 5.52. The first-order valence-electron chi connectivity index (χ1n) is 8.02. The van der Waals surface area contributed by atoms with Crippen molar-refractivity contribution in [2.24, 2.45) is 0 Å². The fourth-order valence-corrected chi connectivity index (χ4v) is 2.53. The standard InChI is InChI=1S/C19H17ClN4O3/c1-24(2)19(25)12-7-9-13(10-8-12)27-18-15(26-3)16(20)22-17(23-18)14-6-4-5-11-21-14/h4-11H,1-3H3. The monoisotopic (exact) mass is 384 g/mol. The zero-order chi connectivity index (χ0) is 19.4. The Balaban J connectivity index is 1.94. The van der Waals surface area contributed by atoms with Crippen LogP contribution in [0.15, 0.2) is 48.7 Å². The molecule has 0 saturated carbocycles. The zero-order valence-corrected chi connectivity index (χ0v) is 15.8. The molecule has 2 aromatic heterocycles. The van der Waals surface area contributed by atoms with Crippen LogP contribution in [0.4, 0.5) is 0 Å². The molecule has 0 bridgehead atoms. The maximum absolute atomic E-state index is 12.0. The maximum atomic E-state index is 12.0. The van der Waals surface area contributed by atoms with E-state index in [0.29, 0.717) is 22.8 Å². The summed E-state index contributed by atoms with van der Waals surface area (Å²) < 4.78 is 11.1. The average molecular weight is 385 g/mol. The van der Waals surface area contributed by atoms with E-state index in [9.17, 15) is 4.79 Å². The molecule has 2 heterocycles. The van der Waals surface area contributed by atoms with E-state index >= 15 is 0 Å². The third-order valence-electron chi connectivity index (χ3n) is 3.61. The van der Waals surface area contributed by atoms with Gasteiger partial charge in [-0.15, -0.1) is 0 Å². The molecular weight excluding hydrogens is 368 g/mol. The largest absolute Gasteiger partial charge is 0.489 e. The number of methoxy groups -OCH3 is 1. The predicted molar refractivity (Wildman–Crippen MR) is 101 cm³/mol. The van der Waals surface area contributed by atoms with Crippen molar-refractivity contribution in [2.75, 3.05) is 21.2 Å². The minimum Gasteiger partial charge on any atom is -0.489 e. The van der Waals surface area contributed by atoms with Crippen molar-refractivity contribution in [3.8, 4) is 28.9 Å². The van der Waals surface area contributed by atoms with E-state index in [4.69, 9.17) is 21.1 Å². The van der Waals surface area contributed by atoms with E-state index < -0.39 is 0 Å². The molecule has 0 N–H and O–H groups in total. The number of pyridine rings is 1. The minimum absolute atomic E-state index is 0.0957. The highest BCUT2D eigenvalue weighted by Crippen LogP contribution is 2.36. The molecule has 0 spiro atoms. The number of ether oxygens (including phenoxy) is 2. The molecule has 0 aliphatic carbocycles. The van der Waals surface area contributed by atoms with Gasteiger partial charge >= 0.3 is 0 Å². The average Bonchev–Trinajstić information content (AvgIpc) is 2.68. The molecule has 0 saturated heterocycles. The summed E-state index contributed by atoms with van der Waals surface area (Å²) in [5, 5.41) is 0.113. The summed E-state index contributed by atoms with van der Waals surface area (Å²) in [5.41, 5.74) is 1.10. The first-order chi connectivity index (χ1) is 13.0. The van der Waals surface area contributed by atoms with Gasteiger partial charge in [0.05, 0.1) is 7.11 Å². The van der Waals surface area contributed by atoms with E-state index in [0.717, 1.165) is 0 Å². The van der Waals surface area contributed by atoms with Gasteiger partial charge in [0, 0.05) is 25.9 Å². The first-order valence-corrected chi connectivity index (χ1v) is 8.40. The number of carbonyl (C=O) groups is 1. The van der Waals surface area contributed by atoms with Crippen LogP contribution in [0.3, 0.4) is 0 Å². The fraction of sp³-hybridized carbons (Fsp3) is 0.158. The van der Waals surface area contributed by atoms with Crippen molar-refractivity contribution >= 4 is 17.5 Å². The Morgan fingerprint density at radius 3 is 2.41 bits per heavy atom. The summed E-state index contributed by atoms with van der Waals surface area (Å²) in [7, 11) is 4.84. The molecule has 0 fully saturated rings. The number of hydrogen-bond donors (Lipinski definition) is 0. The van der Waals surface area contributed by atoms with Crippen molar-refractivity contribution in [3.05, 3.63) is 59.4 Å². The molecule has 8 heteroatoms.